The average Bonchev–Trinajstić information content (AvgIpc) is 2.60. The molecule has 96 valence electrons. The van der Waals surface area contributed by atoms with Crippen molar-refractivity contribution in [1.29, 1.82) is 0 Å². The van der Waals surface area contributed by atoms with Crippen molar-refractivity contribution in [1.82, 2.24) is 4.90 Å². The minimum atomic E-state index is -0.464. The SMILES string of the molecule is CC1CC(=O)N(Cc2cc([N+](=O)[O-])ccc2Cl)C1. The smallest absolute Gasteiger partial charge is 0.269 e. The number of rotatable bonds is 3. The molecule has 0 spiro atoms. The van der Waals surface area contributed by atoms with E-state index in [0.29, 0.717) is 36.0 Å². The molecule has 0 bridgehead atoms. The summed E-state index contributed by atoms with van der Waals surface area (Å²) >= 11 is 6.00. The monoisotopic (exact) mass is 268 g/mol. The Morgan fingerprint density at radius 3 is 2.83 bits per heavy atom. The van der Waals surface area contributed by atoms with Crippen molar-refractivity contribution >= 4 is 23.2 Å². The van der Waals surface area contributed by atoms with Crippen LogP contribution in [0.5, 0.6) is 0 Å². The molecule has 5 nitrogen and oxygen atoms in total. The minimum Gasteiger partial charge on any atom is -0.338 e. The normalized spacial score (nSPS) is 19.3. The lowest BCUT2D eigenvalue weighted by Crippen LogP contribution is -2.24. The van der Waals surface area contributed by atoms with E-state index in [9.17, 15) is 14.9 Å². The van der Waals surface area contributed by atoms with E-state index >= 15 is 0 Å². The number of carbonyl (C=O) groups excluding carboxylic acids is 1. The van der Waals surface area contributed by atoms with Crippen LogP contribution in [-0.2, 0) is 11.3 Å². The number of nitrogens with zero attached hydrogens (tertiary/aromatic N) is 2. The van der Waals surface area contributed by atoms with Gasteiger partial charge < -0.3 is 4.90 Å². The van der Waals surface area contributed by atoms with Crippen molar-refractivity contribution in [3.63, 3.8) is 0 Å². The molecular formula is C12H13ClN2O3. The summed E-state index contributed by atoms with van der Waals surface area (Å²) in [7, 11) is 0. The molecule has 1 aliphatic rings. The third kappa shape index (κ3) is 2.61. The first-order valence-electron chi connectivity index (χ1n) is 5.68. The molecule has 0 aromatic heterocycles. The van der Waals surface area contributed by atoms with Gasteiger partial charge in [-0.3, -0.25) is 14.9 Å². The lowest BCUT2D eigenvalue weighted by Gasteiger charge is -2.16. The number of benzene rings is 1. The number of amides is 1. The quantitative estimate of drug-likeness (QED) is 0.625. The fraction of sp³-hybridized carbons (Fsp3) is 0.417. The van der Waals surface area contributed by atoms with Gasteiger partial charge in [-0.25, -0.2) is 0 Å². The van der Waals surface area contributed by atoms with Crippen LogP contribution < -0.4 is 0 Å². The van der Waals surface area contributed by atoms with Crippen LogP contribution >= 0.6 is 11.6 Å². The van der Waals surface area contributed by atoms with Gasteiger partial charge in [-0.05, 0) is 17.5 Å². The molecule has 1 unspecified atom stereocenters. The van der Waals surface area contributed by atoms with Crippen molar-refractivity contribution in [3.8, 4) is 0 Å². The summed E-state index contributed by atoms with van der Waals surface area (Å²) in [4.78, 5) is 23.6. The summed E-state index contributed by atoms with van der Waals surface area (Å²) < 4.78 is 0. The summed E-state index contributed by atoms with van der Waals surface area (Å²) in [6, 6.07) is 4.29. The Morgan fingerprint density at radius 2 is 2.28 bits per heavy atom. The lowest BCUT2D eigenvalue weighted by molar-refractivity contribution is -0.384. The van der Waals surface area contributed by atoms with Crippen LogP contribution in [0.3, 0.4) is 0 Å². The third-order valence-electron chi connectivity index (χ3n) is 3.01. The average molecular weight is 269 g/mol. The number of non-ortho nitro benzene ring substituents is 1. The number of likely N-dealkylation sites (tertiary alicyclic amines) is 1. The zero-order valence-electron chi connectivity index (χ0n) is 9.93. The molecule has 0 radical (unpaired) electrons. The number of hydrogen-bond donors (Lipinski definition) is 0. The highest BCUT2D eigenvalue weighted by Crippen LogP contribution is 2.26. The van der Waals surface area contributed by atoms with Crippen LogP contribution in [0.25, 0.3) is 0 Å². The Bertz CT molecular complexity index is 504. The van der Waals surface area contributed by atoms with Crippen molar-refractivity contribution in [2.45, 2.75) is 19.9 Å². The maximum Gasteiger partial charge on any atom is 0.269 e. The first kappa shape index (κ1) is 12.8. The largest absolute Gasteiger partial charge is 0.338 e. The Hall–Kier alpha value is -1.62. The van der Waals surface area contributed by atoms with E-state index in [1.165, 1.54) is 18.2 Å². The molecule has 6 heteroatoms. The van der Waals surface area contributed by atoms with Gasteiger partial charge in [-0.15, -0.1) is 0 Å². The van der Waals surface area contributed by atoms with Gasteiger partial charge in [0.25, 0.3) is 5.69 Å². The predicted octanol–water partition coefficient (Wildman–Crippen LogP) is 2.62. The van der Waals surface area contributed by atoms with Gasteiger partial charge in [0.1, 0.15) is 0 Å². The van der Waals surface area contributed by atoms with Crippen LogP contribution in [-0.4, -0.2) is 22.3 Å². The highest BCUT2D eigenvalue weighted by Gasteiger charge is 2.27. The van der Waals surface area contributed by atoms with Gasteiger partial charge in [-0.1, -0.05) is 18.5 Å². The zero-order valence-corrected chi connectivity index (χ0v) is 10.7. The third-order valence-corrected chi connectivity index (χ3v) is 3.38. The van der Waals surface area contributed by atoms with Crippen LogP contribution in [0.1, 0.15) is 18.9 Å². The Kier molecular flexibility index (Phi) is 3.52. The fourth-order valence-electron chi connectivity index (χ4n) is 2.12. The number of carbonyl (C=O) groups is 1. The zero-order chi connectivity index (χ0) is 13.3. The molecule has 1 aromatic rings. The summed E-state index contributed by atoms with van der Waals surface area (Å²) in [5.74, 6) is 0.403. The van der Waals surface area contributed by atoms with Crippen LogP contribution in [0, 0.1) is 16.0 Å². The second kappa shape index (κ2) is 4.94. The van der Waals surface area contributed by atoms with Crippen molar-refractivity contribution < 1.29 is 9.72 Å². The molecule has 0 aliphatic carbocycles. The maximum absolute atomic E-state index is 11.7. The molecule has 1 fully saturated rings. The van der Waals surface area contributed by atoms with Crippen LogP contribution in [0.2, 0.25) is 5.02 Å². The number of nitro benzene ring substituents is 1. The van der Waals surface area contributed by atoms with E-state index in [-0.39, 0.29) is 11.6 Å². The standard InChI is InChI=1S/C12H13ClN2O3/c1-8-4-12(16)14(6-8)7-9-5-10(15(17)18)2-3-11(9)13/h2-3,5,8H,4,6-7H2,1H3. The summed E-state index contributed by atoms with van der Waals surface area (Å²) in [5.41, 5.74) is 0.613. The molecule has 1 saturated heterocycles. The number of nitro groups is 1. The first-order valence-corrected chi connectivity index (χ1v) is 6.05. The van der Waals surface area contributed by atoms with E-state index in [4.69, 9.17) is 11.6 Å². The highest BCUT2D eigenvalue weighted by atomic mass is 35.5. The second-order valence-electron chi connectivity index (χ2n) is 4.62. The molecular weight excluding hydrogens is 256 g/mol. The molecule has 1 aliphatic heterocycles. The van der Waals surface area contributed by atoms with Gasteiger partial charge in [0.15, 0.2) is 0 Å². The Morgan fingerprint density at radius 1 is 1.56 bits per heavy atom. The van der Waals surface area contributed by atoms with Crippen molar-refractivity contribution in [3.05, 3.63) is 38.9 Å². The van der Waals surface area contributed by atoms with Gasteiger partial charge in [0, 0.05) is 36.7 Å². The van der Waals surface area contributed by atoms with Gasteiger partial charge in [-0.2, -0.15) is 0 Å². The molecule has 18 heavy (non-hydrogen) atoms. The van der Waals surface area contributed by atoms with E-state index < -0.39 is 4.92 Å². The molecule has 2 rings (SSSR count). The van der Waals surface area contributed by atoms with Gasteiger partial charge >= 0.3 is 0 Å². The summed E-state index contributed by atoms with van der Waals surface area (Å²) in [5, 5.41) is 11.2. The Labute approximate surface area is 109 Å². The molecule has 0 saturated carbocycles. The number of hydrogen-bond acceptors (Lipinski definition) is 3. The van der Waals surface area contributed by atoms with E-state index in [0.717, 1.165) is 0 Å². The highest BCUT2D eigenvalue weighted by molar-refractivity contribution is 6.31. The molecule has 1 heterocycles. The van der Waals surface area contributed by atoms with E-state index in [1.807, 2.05) is 6.92 Å². The van der Waals surface area contributed by atoms with Crippen molar-refractivity contribution in [2.24, 2.45) is 5.92 Å². The second-order valence-corrected chi connectivity index (χ2v) is 5.02. The molecule has 1 atom stereocenters. The van der Waals surface area contributed by atoms with Crippen LogP contribution in [0.4, 0.5) is 5.69 Å². The van der Waals surface area contributed by atoms with E-state index in [2.05, 4.69) is 0 Å². The van der Waals surface area contributed by atoms with Crippen LogP contribution in [0.15, 0.2) is 18.2 Å². The Balaban J connectivity index is 2.20. The fourth-order valence-corrected chi connectivity index (χ4v) is 2.30. The lowest BCUT2D eigenvalue weighted by atomic mass is 10.1. The predicted molar refractivity (Wildman–Crippen MR) is 67.3 cm³/mol. The minimum absolute atomic E-state index is 0.00547. The number of halogens is 1. The molecule has 1 aromatic carbocycles. The van der Waals surface area contributed by atoms with E-state index in [1.54, 1.807) is 4.90 Å². The molecule has 0 N–H and O–H groups in total. The first-order chi connectivity index (χ1) is 8.47. The summed E-state index contributed by atoms with van der Waals surface area (Å²) in [6.45, 7) is 3.02. The van der Waals surface area contributed by atoms with Gasteiger partial charge in [0.05, 0.1) is 4.92 Å². The maximum atomic E-state index is 11.7. The topological polar surface area (TPSA) is 63.5 Å². The molecule has 1 amide bonds. The summed E-state index contributed by atoms with van der Waals surface area (Å²) in [6.07, 6.45) is 0.534. The van der Waals surface area contributed by atoms with Crippen molar-refractivity contribution in [2.75, 3.05) is 6.54 Å². The van der Waals surface area contributed by atoms with Gasteiger partial charge in [0.2, 0.25) is 5.91 Å².